The summed E-state index contributed by atoms with van der Waals surface area (Å²) in [5, 5.41) is 11.8. The summed E-state index contributed by atoms with van der Waals surface area (Å²) in [4.78, 5) is 100. The Kier molecular flexibility index (Phi) is 11.8. The highest BCUT2D eigenvalue weighted by atomic mass is 16.5. The molecule has 0 radical (unpaired) electrons. The van der Waals surface area contributed by atoms with Gasteiger partial charge in [0.1, 0.15) is 17.4 Å². The first-order chi connectivity index (χ1) is 28.0. The maximum atomic E-state index is 13.2. The van der Waals surface area contributed by atoms with Crippen molar-refractivity contribution in [2.45, 2.75) is 69.9 Å². The van der Waals surface area contributed by atoms with Gasteiger partial charge >= 0.3 is 0 Å². The molecule has 17 heteroatoms. The topological polar surface area (TPSA) is 214 Å². The molecule has 0 spiro atoms. The Hall–Kier alpha value is -6.65. The third-order valence-electron chi connectivity index (χ3n) is 10.6. The summed E-state index contributed by atoms with van der Waals surface area (Å²) in [5.74, 6) is -2.83. The lowest BCUT2D eigenvalue weighted by atomic mass is 10.0. The highest BCUT2D eigenvalue weighted by Gasteiger charge is 2.46. The molecule has 1 saturated heterocycles. The zero-order valence-corrected chi connectivity index (χ0v) is 32.3. The summed E-state index contributed by atoms with van der Waals surface area (Å²) in [6.45, 7) is 0.429. The number of unbranched alkanes of at least 4 members (excludes halogenated alkanes) is 2. The highest BCUT2D eigenvalue weighted by Crippen LogP contribution is 2.35. The van der Waals surface area contributed by atoms with Gasteiger partial charge in [0.25, 0.3) is 29.5 Å². The van der Waals surface area contributed by atoms with E-state index in [1.165, 1.54) is 18.2 Å². The number of piperidine rings is 1. The molecule has 2 aliphatic heterocycles. The van der Waals surface area contributed by atoms with Crippen molar-refractivity contribution >= 4 is 64.0 Å². The first kappa shape index (κ1) is 39.6. The molecule has 0 bridgehead atoms. The predicted octanol–water partition coefficient (Wildman–Crippen LogP) is 3.49. The number of ether oxygens (including phenoxy) is 1. The van der Waals surface area contributed by atoms with Gasteiger partial charge in [0.2, 0.25) is 17.8 Å². The molecule has 302 valence electrons. The number of fused-ring (bicyclic) bond motifs is 2. The molecule has 1 aliphatic carbocycles. The standard InChI is InChI=1S/C41H45N9O8/c1-48(2)38(55)29-22-49(26-9-4-5-10-26)35-28(29)21-44-41(47-35)45-25-15-13-24(14-16-25)36(53)43-20-7-3-6-19-42-33(52)23-58-31-12-8-11-27-34(31)40(57)50(39(27)56)30-17-18-32(51)46-37(30)54/h8,11-16,21-22,26,30H,3-7,9-10,17-20,23H2,1-2H3,(H,42,52)(H,43,53)(H,44,45,47)(H,46,51,54). The van der Waals surface area contributed by atoms with Crippen LogP contribution in [-0.4, -0.2) is 106 Å². The molecule has 17 nitrogen and oxygen atoms in total. The van der Waals surface area contributed by atoms with Crippen LogP contribution in [0.4, 0.5) is 11.6 Å². The SMILES string of the molecule is CN(C)C(=O)c1cn(C2CCCC2)c2nc(Nc3ccc(C(=O)NCCCCCNC(=O)COc4cccc5c4C(=O)N(C4CCC(=O)NC4=O)C5=O)cc3)ncc12. The van der Waals surface area contributed by atoms with Crippen LogP contribution in [0.3, 0.4) is 0 Å². The van der Waals surface area contributed by atoms with Crippen LogP contribution < -0.4 is 26.0 Å². The second kappa shape index (κ2) is 17.2. The van der Waals surface area contributed by atoms with E-state index in [2.05, 4.69) is 30.8 Å². The number of imide groups is 2. The van der Waals surface area contributed by atoms with Gasteiger partial charge in [-0.05, 0) is 74.9 Å². The summed E-state index contributed by atoms with van der Waals surface area (Å²) in [7, 11) is 3.46. The monoisotopic (exact) mass is 791 g/mol. The zero-order chi connectivity index (χ0) is 40.9. The van der Waals surface area contributed by atoms with Gasteiger partial charge in [0, 0.05) is 63.3 Å². The minimum absolute atomic E-state index is 0.00674. The molecule has 2 fully saturated rings. The summed E-state index contributed by atoms with van der Waals surface area (Å²) < 4.78 is 7.74. The average molecular weight is 792 g/mol. The van der Waals surface area contributed by atoms with E-state index in [0.717, 1.165) is 37.0 Å². The van der Waals surface area contributed by atoms with Gasteiger partial charge < -0.3 is 30.2 Å². The smallest absolute Gasteiger partial charge is 0.266 e. The second-order valence-electron chi connectivity index (χ2n) is 14.8. The largest absolute Gasteiger partial charge is 0.483 e. The van der Waals surface area contributed by atoms with E-state index in [9.17, 15) is 33.6 Å². The number of hydrogen-bond acceptors (Lipinski definition) is 11. The molecule has 7 amide bonds. The molecule has 4 aromatic rings. The third kappa shape index (κ3) is 8.38. The maximum Gasteiger partial charge on any atom is 0.266 e. The number of aromatic nitrogens is 3. The van der Waals surface area contributed by atoms with Crippen molar-refractivity contribution in [1.82, 2.24) is 40.3 Å². The molecule has 1 unspecified atom stereocenters. The van der Waals surface area contributed by atoms with E-state index in [0.29, 0.717) is 59.7 Å². The van der Waals surface area contributed by atoms with Gasteiger partial charge in [-0.1, -0.05) is 18.9 Å². The van der Waals surface area contributed by atoms with Crippen LogP contribution in [0.15, 0.2) is 54.9 Å². The number of benzene rings is 2. The fraction of sp³-hybridized carbons (Fsp3) is 0.390. The predicted molar refractivity (Wildman–Crippen MR) is 211 cm³/mol. The molecule has 58 heavy (non-hydrogen) atoms. The Bertz CT molecular complexity index is 2280. The number of carbonyl (C=O) groups excluding carboxylic acids is 7. The highest BCUT2D eigenvalue weighted by molar-refractivity contribution is 6.24. The Balaban J connectivity index is 0.823. The van der Waals surface area contributed by atoms with Gasteiger partial charge in [-0.15, -0.1) is 0 Å². The van der Waals surface area contributed by atoms with Gasteiger partial charge in [-0.3, -0.25) is 43.8 Å². The van der Waals surface area contributed by atoms with Crippen LogP contribution in [0.25, 0.3) is 11.0 Å². The van der Waals surface area contributed by atoms with Gasteiger partial charge in [-0.2, -0.15) is 4.98 Å². The quantitative estimate of drug-likeness (QED) is 0.101. The molecule has 2 aromatic carbocycles. The fourth-order valence-corrected chi connectivity index (χ4v) is 7.55. The van der Waals surface area contributed by atoms with Crippen LogP contribution in [0.2, 0.25) is 0 Å². The number of anilines is 2. The number of nitrogens with one attached hydrogen (secondary N) is 4. The lowest BCUT2D eigenvalue weighted by molar-refractivity contribution is -0.136. The average Bonchev–Trinajstić information content (AvgIpc) is 3.94. The molecular weight excluding hydrogens is 747 g/mol. The summed E-state index contributed by atoms with van der Waals surface area (Å²) in [6.07, 6.45) is 10.1. The third-order valence-corrected chi connectivity index (χ3v) is 10.6. The number of nitrogens with zero attached hydrogens (tertiary/aromatic N) is 5. The van der Waals surface area contributed by atoms with Crippen molar-refractivity contribution in [3.63, 3.8) is 0 Å². The van der Waals surface area contributed by atoms with Crippen LogP contribution in [-0.2, 0) is 14.4 Å². The number of hydrogen-bond donors (Lipinski definition) is 4. The van der Waals surface area contributed by atoms with Crippen molar-refractivity contribution in [3.8, 4) is 5.75 Å². The number of amides is 7. The maximum absolute atomic E-state index is 13.2. The lowest BCUT2D eigenvalue weighted by Crippen LogP contribution is -2.54. The number of carbonyl (C=O) groups is 7. The van der Waals surface area contributed by atoms with Crippen molar-refractivity contribution in [2.24, 2.45) is 0 Å². The van der Waals surface area contributed by atoms with Crippen molar-refractivity contribution < 1.29 is 38.3 Å². The van der Waals surface area contributed by atoms with E-state index in [1.807, 2.05) is 6.20 Å². The second-order valence-corrected chi connectivity index (χ2v) is 14.8. The van der Waals surface area contributed by atoms with Crippen LogP contribution in [0.1, 0.15) is 105 Å². The van der Waals surface area contributed by atoms with Crippen molar-refractivity contribution in [1.29, 1.82) is 0 Å². The van der Waals surface area contributed by atoms with Crippen molar-refractivity contribution in [3.05, 3.63) is 77.1 Å². The van der Waals surface area contributed by atoms with Gasteiger partial charge in [0.15, 0.2) is 6.61 Å². The van der Waals surface area contributed by atoms with Crippen LogP contribution in [0.5, 0.6) is 5.75 Å². The van der Waals surface area contributed by atoms with Crippen LogP contribution >= 0.6 is 0 Å². The Morgan fingerprint density at radius 2 is 1.66 bits per heavy atom. The number of rotatable bonds is 15. The molecule has 1 saturated carbocycles. The van der Waals surface area contributed by atoms with Crippen LogP contribution in [0, 0.1) is 0 Å². The normalized spacial score (nSPS) is 16.7. The Morgan fingerprint density at radius 3 is 2.38 bits per heavy atom. The first-order valence-corrected chi connectivity index (χ1v) is 19.5. The van der Waals surface area contributed by atoms with Gasteiger partial charge in [-0.25, -0.2) is 4.98 Å². The fourth-order valence-electron chi connectivity index (χ4n) is 7.55. The summed E-state index contributed by atoms with van der Waals surface area (Å²) >= 11 is 0. The molecule has 2 aromatic heterocycles. The van der Waals surface area contributed by atoms with Crippen molar-refractivity contribution in [2.75, 3.05) is 39.1 Å². The van der Waals surface area contributed by atoms with Gasteiger partial charge in [0.05, 0.1) is 22.1 Å². The summed E-state index contributed by atoms with van der Waals surface area (Å²) in [6, 6.07) is 10.6. The Morgan fingerprint density at radius 1 is 0.914 bits per heavy atom. The van der Waals surface area contributed by atoms with E-state index in [4.69, 9.17) is 9.72 Å². The minimum Gasteiger partial charge on any atom is -0.483 e. The lowest BCUT2D eigenvalue weighted by Gasteiger charge is -2.27. The van der Waals surface area contributed by atoms with E-state index < -0.39 is 42.2 Å². The molecule has 4 heterocycles. The van der Waals surface area contributed by atoms with E-state index in [1.54, 1.807) is 49.5 Å². The molecule has 3 aliphatic rings. The first-order valence-electron chi connectivity index (χ1n) is 19.5. The van der Waals surface area contributed by atoms with E-state index >= 15 is 0 Å². The van der Waals surface area contributed by atoms with E-state index in [-0.39, 0.29) is 47.6 Å². The molecule has 7 rings (SSSR count). The summed E-state index contributed by atoms with van der Waals surface area (Å²) in [5.41, 5.74) is 2.54. The zero-order valence-electron chi connectivity index (χ0n) is 32.3. The molecular formula is C41H45N9O8. The molecule has 4 N–H and O–H groups in total. The molecule has 1 atom stereocenters. The minimum atomic E-state index is -1.11. The Labute approximate surface area is 333 Å².